The maximum atomic E-state index is 14.2. The third-order valence-corrected chi connectivity index (χ3v) is 10.0. The summed E-state index contributed by atoms with van der Waals surface area (Å²) in [5.74, 6) is -4.79. The van der Waals surface area contributed by atoms with Gasteiger partial charge in [0.25, 0.3) is 11.8 Å². The second-order valence-electron chi connectivity index (χ2n) is 19.6. The Hall–Kier alpha value is -6.54. The number of hydrogen-bond acceptors (Lipinski definition) is 13. The lowest BCUT2D eigenvalue weighted by atomic mass is 10.0. The Morgan fingerprint density at radius 2 is 1.16 bits per heavy atom. The van der Waals surface area contributed by atoms with Crippen LogP contribution >= 0.6 is 11.6 Å². The van der Waals surface area contributed by atoms with Gasteiger partial charge in [-0.1, -0.05) is 35.9 Å². The van der Waals surface area contributed by atoms with Crippen LogP contribution in [0, 0.1) is 0 Å². The molecule has 7 amide bonds. The third kappa shape index (κ3) is 20.6. The van der Waals surface area contributed by atoms with Crippen LogP contribution in [0.15, 0.2) is 65.4 Å². The van der Waals surface area contributed by atoms with Gasteiger partial charge < -0.3 is 55.8 Å². The van der Waals surface area contributed by atoms with E-state index in [0.29, 0.717) is 17.9 Å². The van der Waals surface area contributed by atoms with Crippen LogP contribution in [0.1, 0.15) is 123 Å². The number of amides is 7. The molecule has 0 saturated heterocycles. The van der Waals surface area contributed by atoms with Gasteiger partial charge in [-0.2, -0.15) is 0 Å². The van der Waals surface area contributed by atoms with E-state index in [9.17, 15) is 38.4 Å². The van der Waals surface area contributed by atoms with Gasteiger partial charge in [0.05, 0.1) is 30.5 Å². The molecule has 0 saturated carbocycles. The average molecular weight is 998 g/mol. The van der Waals surface area contributed by atoms with E-state index in [1.807, 2.05) is 12.1 Å². The van der Waals surface area contributed by atoms with Gasteiger partial charge in [0.1, 0.15) is 41.6 Å². The van der Waals surface area contributed by atoms with Gasteiger partial charge in [-0.25, -0.2) is 14.6 Å². The van der Waals surface area contributed by atoms with Crippen molar-refractivity contribution < 1.29 is 57.0 Å². The second kappa shape index (κ2) is 25.9. The molecule has 3 aromatic rings. The number of ether oxygens (including phenoxy) is 3. The maximum absolute atomic E-state index is 14.2. The maximum Gasteiger partial charge on any atom is 0.407 e. The number of hydrogen-bond donors (Lipinski definition) is 7. The first-order valence-corrected chi connectivity index (χ1v) is 23.3. The van der Waals surface area contributed by atoms with Crippen LogP contribution in [-0.4, -0.2) is 119 Å². The molecule has 6 atom stereocenters. The summed E-state index contributed by atoms with van der Waals surface area (Å²) in [4.78, 5) is 111. The Kier molecular flexibility index (Phi) is 21.4. The van der Waals surface area contributed by atoms with E-state index >= 15 is 0 Å². The fourth-order valence-electron chi connectivity index (χ4n) is 6.50. The van der Waals surface area contributed by atoms with Crippen LogP contribution in [0.5, 0.6) is 0 Å². The quantitative estimate of drug-likeness (QED) is 0.0493. The number of ketones is 1. The summed E-state index contributed by atoms with van der Waals surface area (Å²) in [6.45, 7) is 19.4. The highest BCUT2D eigenvalue weighted by Crippen LogP contribution is 2.22. The molecular formula is C49H69ClN8O12. The number of alkyl carbamates (subject to hydrolysis) is 2. The van der Waals surface area contributed by atoms with Gasteiger partial charge in [0, 0.05) is 17.1 Å². The largest absolute Gasteiger partial charge is 0.444 e. The van der Waals surface area contributed by atoms with E-state index < -0.39 is 107 Å². The number of halogens is 1. The van der Waals surface area contributed by atoms with Gasteiger partial charge in [0.2, 0.25) is 29.4 Å². The Bertz CT molecular complexity index is 2250. The number of unbranched alkanes of at least 4 members (excludes halogenated alkanes) is 1. The Morgan fingerprint density at radius 3 is 1.70 bits per heavy atom. The molecule has 1 aromatic heterocycles. The highest BCUT2D eigenvalue weighted by Gasteiger charge is 2.36. The molecule has 0 fully saturated rings. The third-order valence-electron chi connectivity index (χ3n) is 9.75. The standard InChI is InChI=1S/C49H69ClN8O12/c1-28(38(59)44-51-25-26-67-44)54-41(62)35(15-13-14-24-52-45(65)69-48(7,8)9)56-39(60)29(2)55-43(64)37(30(3)68-47(4,5)6)58-42(63)36(27-53-46(66)70-49(10,11)12)57-40(61)33-18-16-31(17-19-33)32-20-22-34(50)23-21-32/h16-23,25-26,28-30,35-37H,13-15,24,27H2,1-12H3,(H,52,65)(H,53,66)(H,54,62)(H,55,64)(H,56,60)(H,57,61)(H,58,63)/t28-,29-,30+,35-,36-,37-/m0/s1. The van der Waals surface area contributed by atoms with Crippen molar-refractivity contribution in [1.29, 1.82) is 0 Å². The number of benzene rings is 2. The van der Waals surface area contributed by atoms with Crippen LogP contribution < -0.4 is 37.2 Å². The number of oxazole rings is 1. The highest BCUT2D eigenvalue weighted by molar-refractivity contribution is 6.30. The molecule has 2 aromatic carbocycles. The first-order valence-electron chi connectivity index (χ1n) is 23.0. The molecule has 0 unspecified atom stereocenters. The average Bonchev–Trinajstić information content (AvgIpc) is 3.79. The minimum absolute atomic E-state index is 0.0558. The minimum Gasteiger partial charge on any atom is -0.444 e. The molecule has 384 valence electrons. The molecule has 0 bridgehead atoms. The summed E-state index contributed by atoms with van der Waals surface area (Å²) < 4.78 is 21.8. The van der Waals surface area contributed by atoms with Crippen LogP contribution in [0.2, 0.25) is 5.02 Å². The zero-order valence-corrected chi connectivity index (χ0v) is 42.8. The first kappa shape index (κ1) is 57.8. The Morgan fingerprint density at radius 1 is 0.614 bits per heavy atom. The lowest BCUT2D eigenvalue weighted by Gasteiger charge is -2.32. The van der Waals surface area contributed by atoms with Crippen LogP contribution in [0.4, 0.5) is 9.59 Å². The predicted octanol–water partition coefficient (Wildman–Crippen LogP) is 5.38. The number of carbonyl (C=O) groups is 8. The van der Waals surface area contributed by atoms with Gasteiger partial charge >= 0.3 is 12.2 Å². The van der Waals surface area contributed by atoms with E-state index in [2.05, 4.69) is 42.2 Å². The topological polar surface area (TPSA) is 274 Å². The molecule has 1 heterocycles. The van der Waals surface area contributed by atoms with Gasteiger partial charge in [-0.3, -0.25) is 28.8 Å². The number of Topliss-reactive ketones (excluding diaryl/α,β-unsaturated/α-hetero) is 1. The zero-order valence-electron chi connectivity index (χ0n) is 42.0. The SMILES string of the molecule is C[C@H](NC(=O)[C@@H](NC(=O)[C@H](CNC(=O)OC(C)(C)C)NC(=O)c1ccc(-c2ccc(Cl)cc2)cc1)[C@@H](C)OC(C)(C)C)C(=O)N[C@@H](CCCCNC(=O)OC(C)(C)C)C(=O)N[C@@H](C)C(=O)c1ncco1. The molecule has 21 heteroatoms. The van der Waals surface area contributed by atoms with Crippen LogP contribution in [0.3, 0.4) is 0 Å². The fourth-order valence-corrected chi connectivity index (χ4v) is 6.63. The van der Waals surface area contributed by atoms with Gasteiger partial charge in [-0.05, 0) is 138 Å². The summed E-state index contributed by atoms with van der Waals surface area (Å²) in [7, 11) is 0. The van der Waals surface area contributed by atoms with Crippen LogP contribution in [0.25, 0.3) is 11.1 Å². The Labute approximate surface area is 414 Å². The van der Waals surface area contributed by atoms with Gasteiger partial charge in [0.15, 0.2) is 0 Å². The molecule has 0 aliphatic rings. The first-order chi connectivity index (χ1) is 32.5. The molecule has 3 rings (SSSR count). The van der Waals surface area contributed by atoms with Crippen LogP contribution in [-0.2, 0) is 33.4 Å². The van der Waals surface area contributed by atoms with E-state index in [-0.39, 0.29) is 24.4 Å². The normalized spacial score (nSPS) is 14.2. The second-order valence-corrected chi connectivity index (χ2v) is 20.0. The minimum atomic E-state index is -1.49. The summed E-state index contributed by atoms with van der Waals surface area (Å²) in [5, 5.41) is 18.8. The molecule has 0 spiro atoms. The highest BCUT2D eigenvalue weighted by atomic mass is 35.5. The molecule has 0 radical (unpaired) electrons. The van der Waals surface area contributed by atoms with Crippen molar-refractivity contribution in [1.82, 2.24) is 42.2 Å². The lowest BCUT2D eigenvalue weighted by Crippen LogP contribution is -2.62. The zero-order chi connectivity index (χ0) is 52.6. The number of nitrogens with one attached hydrogen (secondary N) is 7. The molecule has 7 N–H and O–H groups in total. The number of rotatable bonds is 22. The monoisotopic (exact) mass is 996 g/mol. The summed E-state index contributed by atoms with van der Waals surface area (Å²) in [6, 6.07) is 7.11. The van der Waals surface area contributed by atoms with E-state index in [4.69, 9.17) is 30.2 Å². The fraction of sp³-hybridized carbons (Fsp3) is 0.531. The Balaban J connectivity index is 1.83. The van der Waals surface area contributed by atoms with E-state index in [0.717, 1.165) is 11.1 Å². The molecule has 0 aliphatic carbocycles. The van der Waals surface area contributed by atoms with Crippen molar-refractivity contribution >= 4 is 59.1 Å². The summed E-state index contributed by atoms with van der Waals surface area (Å²) in [5.41, 5.74) is -0.584. The predicted molar refractivity (Wildman–Crippen MR) is 261 cm³/mol. The smallest absolute Gasteiger partial charge is 0.407 e. The van der Waals surface area contributed by atoms with Crippen molar-refractivity contribution in [3.8, 4) is 11.1 Å². The lowest BCUT2D eigenvalue weighted by molar-refractivity contribution is -0.139. The molecule has 70 heavy (non-hydrogen) atoms. The van der Waals surface area contributed by atoms with Crippen molar-refractivity contribution in [3.63, 3.8) is 0 Å². The number of carbonyl (C=O) groups excluding carboxylic acids is 8. The van der Waals surface area contributed by atoms with Crippen molar-refractivity contribution in [2.75, 3.05) is 13.1 Å². The number of aromatic nitrogens is 1. The van der Waals surface area contributed by atoms with Gasteiger partial charge in [-0.15, -0.1) is 0 Å². The summed E-state index contributed by atoms with van der Waals surface area (Å²) in [6.07, 6.45) is 0.725. The van der Waals surface area contributed by atoms with E-state index in [1.54, 1.807) is 98.7 Å². The van der Waals surface area contributed by atoms with E-state index in [1.165, 1.54) is 33.2 Å². The number of nitrogens with zero attached hydrogens (tertiary/aromatic N) is 1. The van der Waals surface area contributed by atoms with Crippen molar-refractivity contribution in [2.45, 2.75) is 155 Å². The van der Waals surface area contributed by atoms with Crippen molar-refractivity contribution in [3.05, 3.63) is 77.5 Å². The molecule has 0 aliphatic heterocycles. The summed E-state index contributed by atoms with van der Waals surface area (Å²) >= 11 is 6.04. The van der Waals surface area contributed by atoms with Crippen molar-refractivity contribution in [2.24, 2.45) is 0 Å². The molecule has 20 nitrogen and oxygen atoms in total. The molecular weight excluding hydrogens is 928 g/mol.